The molecule has 30 heavy (non-hydrogen) atoms. The van der Waals surface area contributed by atoms with Crippen LogP contribution in [0.1, 0.15) is 53.9 Å². The first-order valence-corrected chi connectivity index (χ1v) is 11.5. The normalized spacial score (nSPS) is 17.7. The summed E-state index contributed by atoms with van der Waals surface area (Å²) in [7, 11) is 0. The van der Waals surface area contributed by atoms with E-state index in [4.69, 9.17) is 0 Å². The molecular weight excluding hydrogens is 483 g/mol. The highest BCUT2D eigenvalue weighted by Gasteiger charge is 2.26. The second-order valence-electron chi connectivity index (χ2n) is 8.54. The van der Waals surface area contributed by atoms with Crippen molar-refractivity contribution in [3.63, 3.8) is 0 Å². The first-order chi connectivity index (χ1) is 14.2. The lowest BCUT2D eigenvalue weighted by Gasteiger charge is -2.32. The number of nitrogens with one attached hydrogen (secondary N) is 2. The van der Waals surface area contributed by atoms with E-state index in [1.165, 1.54) is 36.0 Å². The quantitative estimate of drug-likeness (QED) is 0.173. The van der Waals surface area contributed by atoms with Crippen molar-refractivity contribution in [1.29, 1.82) is 0 Å². The van der Waals surface area contributed by atoms with Crippen LogP contribution in [0.25, 0.3) is 0 Å². The van der Waals surface area contributed by atoms with Crippen LogP contribution >= 0.6 is 22.6 Å². The molecule has 0 fully saturated rings. The van der Waals surface area contributed by atoms with Crippen molar-refractivity contribution >= 4 is 34.2 Å². The minimum Gasteiger partial charge on any atom is -0.298 e. The van der Waals surface area contributed by atoms with Gasteiger partial charge in [-0.1, -0.05) is 55.4 Å². The van der Waals surface area contributed by atoms with Gasteiger partial charge in [-0.3, -0.25) is 15.6 Å². The van der Waals surface area contributed by atoms with Crippen LogP contribution in [0.15, 0.2) is 83.0 Å². The summed E-state index contributed by atoms with van der Waals surface area (Å²) in [4.78, 5) is 12.0. The van der Waals surface area contributed by atoms with Gasteiger partial charge in [0.05, 0.1) is 5.69 Å². The fraction of sp³-hybridized carbons (Fsp3) is 0.346. The lowest BCUT2D eigenvalue weighted by Crippen LogP contribution is -2.27. The van der Waals surface area contributed by atoms with Crippen LogP contribution in [-0.2, 0) is 4.79 Å². The second kappa shape index (κ2) is 11.3. The Bertz CT molecular complexity index is 899. The Hall–Kier alpha value is -2.08. The minimum absolute atomic E-state index is 0.182. The largest absolute Gasteiger partial charge is 0.298 e. The van der Waals surface area contributed by atoms with Gasteiger partial charge in [-0.05, 0) is 103 Å². The smallest absolute Gasteiger partial charge is 0.262 e. The van der Waals surface area contributed by atoms with E-state index in [0.29, 0.717) is 0 Å². The predicted octanol–water partition coefficient (Wildman–Crippen LogP) is 7.27. The number of hydrogen-bond donors (Lipinski definition) is 2. The van der Waals surface area contributed by atoms with Gasteiger partial charge in [0.1, 0.15) is 0 Å². The second-order valence-corrected chi connectivity index (χ2v) is 9.79. The fourth-order valence-corrected chi connectivity index (χ4v) is 3.95. The Morgan fingerprint density at radius 2 is 1.80 bits per heavy atom. The molecule has 0 saturated heterocycles. The number of rotatable bonds is 7. The third-order valence-electron chi connectivity index (χ3n) is 5.31. The van der Waals surface area contributed by atoms with Gasteiger partial charge in [0.25, 0.3) is 5.91 Å². The zero-order valence-electron chi connectivity index (χ0n) is 18.7. The lowest BCUT2D eigenvalue weighted by atomic mass is 9.72. The Kier molecular flexibility index (Phi) is 9.15. The van der Waals surface area contributed by atoms with Gasteiger partial charge in [0.15, 0.2) is 0 Å². The van der Waals surface area contributed by atoms with Crippen LogP contribution in [0.3, 0.4) is 0 Å². The van der Waals surface area contributed by atoms with Crippen molar-refractivity contribution in [2.24, 2.45) is 5.41 Å². The summed E-state index contributed by atoms with van der Waals surface area (Å²) >= 11 is 2.25. The van der Waals surface area contributed by atoms with Crippen molar-refractivity contribution in [3.8, 4) is 0 Å². The van der Waals surface area contributed by atoms with Crippen LogP contribution < -0.4 is 10.9 Å². The number of benzene rings is 1. The summed E-state index contributed by atoms with van der Waals surface area (Å²) in [5.74, 6) is -0.182. The zero-order chi connectivity index (χ0) is 22.1. The van der Waals surface area contributed by atoms with Gasteiger partial charge in [0, 0.05) is 9.65 Å². The summed E-state index contributed by atoms with van der Waals surface area (Å²) in [5, 5.41) is 0. The van der Waals surface area contributed by atoms with E-state index >= 15 is 0 Å². The maximum Gasteiger partial charge on any atom is 0.262 e. The molecule has 3 nitrogen and oxygen atoms in total. The molecule has 2 N–H and O–H groups in total. The van der Waals surface area contributed by atoms with Crippen LogP contribution in [0.4, 0.5) is 5.69 Å². The molecule has 0 unspecified atom stereocenters. The summed E-state index contributed by atoms with van der Waals surface area (Å²) in [6.07, 6.45) is 15.8. The van der Waals surface area contributed by atoms with Crippen molar-refractivity contribution < 1.29 is 4.79 Å². The third-order valence-corrected chi connectivity index (χ3v) is 6.03. The molecule has 0 heterocycles. The first-order valence-electron chi connectivity index (χ1n) is 10.4. The van der Waals surface area contributed by atoms with Gasteiger partial charge in [-0.25, -0.2) is 0 Å². The number of carbonyl (C=O) groups is 1. The average Bonchev–Trinajstić information content (AvgIpc) is 2.66. The van der Waals surface area contributed by atoms with Crippen LogP contribution in [0, 0.1) is 8.99 Å². The molecule has 2 rings (SSSR count). The number of halogens is 1. The minimum atomic E-state index is -0.182. The van der Waals surface area contributed by atoms with Crippen molar-refractivity contribution in [2.75, 3.05) is 5.43 Å². The third kappa shape index (κ3) is 7.98. The summed E-state index contributed by atoms with van der Waals surface area (Å²) in [6.45, 7) is 10.9. The van der Waals surface area contributed by atoms with Gasteiger partial charge in [-0.2, -0.15) is 0 Å². The van der Waals surface area contributed by atoms with E-state index < -0.39 is 0 Å². The van der Waals surface area contributed by atoms with E-state index in [2.05, 4.69) is 79.4 Å². The molecule has 4 heteroatoms. The maximum absolute atomic E-state index is 12.0. The predicted molar refractivity (Wildman–Crippen MR) is 137 cm³/mol. The number of allylic oxidation sites excluding steroid dienone is 9. The molecule has 0 atom stereocenters. The van der Waals surface area contributed by atoms with E-state index in [0.717, 1.165) is 14.8 Å². The highest BCUT2D eigenvalue weighted by Crippen LogP contribution is 2.40. The molecule has 0 radical (unpaired) electrons. The maximum atomic E-state index is 12.0. The molecule has 1 aromatic carbocycles. The summed E-state index contributed by atoms with van der Waals surface area (Å²) in [5.41, 5.74) is 11.8. The molecule has 160 valence electrons. The molecule has 0 aliphatic heterocycles. The van der Waals surface area contributed by atoms with Crippen molar-refractivity contribution in [2.45, 2.75) is 53.9 Å². The van der Waals surface area contributed by atoms with E-state index in [1.807, 2.05) is 43.3 Å². The number of anilines is 1. The Labute approximate surface area is 195 Å². The molecule has 1 aliphatic carbocycles. The monoisotopic (exact) mass is 516 g/mol. The molecule has 1 amide bonds. The Morgan fingerprint density at radius 1 is 1.10 bits per heavy atom. The Balaban J connectivity index is 1.89. The number of hydrogen-bond acceptors (Lipinski definition) is 2. The molecule has 0 saturated carbocycles. The van der Waals surface area contributed by atoms with Crippen LogP contribution in [-0.4, -0.2) is 5.91 Å². The van der Waals surface area contributed by atoms with Crippen LogP contribution in [0.2, 0.25) is 0 Å². The zero-order valence-corrected chi connectivity index (χ0v) is 20.8. The van der Waals surface area contributed by atoms with Gasteiger partial charge in [-0.15, -0.1) is 0 Å². The van der Waals surface area contributed by atoms with E-state index in [9.17, 15) is 4.79 Å². The molecule has 0 spiro atoms. The average molecular weight is 516 g/mol. The summed E-state index contributed by atoms with van der Waals surface area (Å²) in [6, 6.07) is 7.81. The van der Waals surface area contributed by atoms with Crippen molar-refractivity contribution in [3.05, 3.63) is 86.6 Å². The van der Waals surface area contributed by atoms with Crippen LogP contribution in [0.5, 0.6) is 0 Å². The van der Waals surface area contributed by atoms with E-state index in [1.54, 1.807) is 6.08 Å². The SMILES string of the molecule is CC(C=CC1=C(C)CCCC1(C)C)=CC=CC(C)=CC(=O)NNc1ccc(I)cc1. The van der Waals surface area contributed by atoms with Gasteiger partial charge in [0.2, 0.25) is 0 Å². The van der Waals surface area contributed by atoms with E-state index in [-0.39, 0.29) is 11.3 Å². The highest BCUT2D eigenvalue weighted by molar-refractivity contribution is 14.1. The topological polar surface area (TPSA) is 41.1 Å². The molecule has 0 aromatic heterocycles. The number of amides is 1. The number of carbonyl (C=O) groups excluding carboxylic acids is 1. The summed E-state index contributed by atoms with van der Waals surface area (Å²) < 4.78 is 1.15. The standard InChI is InChI=1S/C26H33IN2O/c1-19(11-16-24-21(3)10-7-17-26(24,4)5)8-6-9-20(2)18-25(30)29-28-23-14-12-22(27)13-15-23/h6,8-9,11-16,18,28H,7,10,17H2,1-5H3,(H,29,30). The molecule has 0 bridgehead atoms. The molecule has 1 aliphatic rings. The first kappa shape index (κ1) is 24.2. The highest BCUT2D eigenvalue weighted by atomic mass is 127. The molecule has 1 aromatic rings. The van der Waals surface area contributed by atoms with Crippen molar-refractivity contribution in [1.82, 2.24) is 5.43 Å². The Morgan fingerprint density at radius 3 is 2.47 bits per heavy atom. The van der Waals surface area contributed by atoms with Gasteiger partial charge < -0.3 is 0 Å². The number of hydrazine groups is 1. The molecular formula is C26H33IN2O. The fourth-order valence-electron chi connectivity index (χ4n) is 3.59. The van der Waals surface area contributed by atoms with Gasteiger partial charge >= 0.3 is 0 Å². The lowest BCUT2D eigenvalue weighted by molar-refractivity contribution is -0.116.